The molecule has 9 rings (SSSR count). The molecule has 0 spiro atoms. The maximum absolute atomic E-state index is 12.1. The molecule has 0 radical (unpaired) electrons. The Labute approximate surface area is 291 Å². The molecule has 0 saturated heterocycles. The van der Waals surface area contributed by atoms with Crippen molar-refractivity contribution in [2.45, 2.75) is 35.7 Å². The topological polar surface area (TPSA) is 171 Å². The molecule has 0 saturated carbocycles. The average molecular weight is 681 g/mol. The highest BCUT2D eigenvalue weighted by atomic mass is 16.5. The lowest BCUT2D eigenvalue weighted by molar-refractivity contribution is 0.221. The smallest absolute Gasteiger partial charge is 0.135 e. The maximum Gasteiger partial charge on any atom is 0.135 e. The first-order valence-corrected chi connectivity index (χ1v) is 16.6. The van der Waals surface area contributed by atoms with Crippen molar-refractivity contribution < 1.29 is 45.6 Å². The highest BCUT2D eigenvalue weighted by Crippen LogP contribution is 2.70. The number of ether oxygens (including phenoxy) is 1. The van der Waals surface area contributed by atoms with Gasteiger partial charge in [-0.1, -0.05) is 36.4 Å². The van der Waals surface area contributed by atoms with Gasteiger partial charge in [0.1, 0.15) is 57.8 Å². The molecule has 6 aromatic rings. The molecule has 0 aromatic heterocycles. The largest absolute Gasteiger partial charge is 0.508 e. The standard InChI is InChI=1S/C42H32O9/c43-23-7-1-19(2-8-23)33-35(22-13-26(46)15-27(47)14-22)38-31(50)18-32-39-37(42(51-32)21-5-11-25(45)12-6-21)29-16-28(48)17-30(49)36(29)34(40(33)41(38)39)20-3-9-24(44)10-4-20/h1-18,33-35,37,40,42-50H/t33-,34+,35+,37+,40-,42-/m0/s1. The fourth-order valence-corrected chi connectivity index (χ4v) is 9.08. The Morgan fingerprint density at radius 2 is 0.863 bits per heavy atom. The number of aromatic hydroxyl groups is 8. The second kappa shape index (κ2) is 11.0. The normalized spacial score (nSPS) is 22.5. The summed E-state index contributed by atoms with van der Waals surface area (Å²) >= 11 is 0. The maximum atomic E-state index is 12.1. The van der Waals surface area contributed by atoms with Crippen molar-refractivity contribution in [2.75, 3.05) is 0 Å². The summed E-state index contributed by atoms with van der Waals surface area (Å²) < 4.78 is 6.70. The van der Waals surface area contributed by atoms with Crippen LogP contribution < -0.4 is 4.74 Å². The van der Waals surface area contributed by atoms with E-state index in [4.69, 9.17) is 4.74 Å². The zero-order valence-electron chi connectivity index (χ0n) is 26.8. The van der Waals surface area contributed by atoms with E-state index < -0.39 is 35.7 Å². The van der Waals surface area contributed by atoms with E-state index >= 15 is 0 Å². The van der Waals surface area contributed by atoms with Crippen molar-refractivity contribution in [3.05, 3.63) is 159 Å². The molecule has 0 fully saturated rings. The molecule has 254 valence electrons. The fraction of sp³-hybridized carbons (Fsp3) is 0.143. The second-order valence-electron chi connectivity index (χ2n) is 13.7. The molecule has 3 aliphatic rings. The fourth-order valence-electron chi connectivity index (χ4n) is 9.08. The summed E-state index contributed by atoms with van der Waals surface area (Å²) in [4.78, 5) is 0. The molecule has 0 bridgehead atoms. The predicted octanol–water partition coefficient (Wildman–Crippen LogP) is 7.76. The molecule has 8 N–H and O–H groups in total. The van der Waals surface area contributed by atoms with Gasteiger partial charge in [-0.05, 0) is 88.0 Å². The van der Waals surface area contributed by atoms with E-state index in [-0.39, 0.29) is 46.0 Å². The Hall–Kier alpha value is -6.48. The van der Waals surface area contributed by atoms with Crippen LogP contribution in [-0.4, -0.2) is 40.9 Å². The minimum Gasteiger partial charge on any atom is -0.508 e. The molecule has 51 heavy (non-hydrogen) atoms. The van der Waals surface area contributed by atoms with E-state index in [0.717, 1.165) is 27.8 Å². The van der Waals surface area contributed by atoms with Gasteiger partial charge in [0.15, 0.2) is 0 Å². The minimum atomic E-state index is -0.693. The Bertz CT molecular complexity index is 2330. The van der Waals surface area contributed by atoms with Crippen molar-refractivity contribution in [1.82, 2.24) is 0 Å². The van der Waals surface area contributed by atoms with E-state index in [1.807, 2.05) is 12.1 Å². The van der Waals surface area contributed by atoms with Crippen molar-refractivity contribution in [2.24, 2.45) is 0 Å². The van der Waals surface area contributed by atoms with Crippen LogP contribution in [0.3, 0.4) is 0 Å². The molecule has 6 atom stereocenters. The Morgan fingerprint density at radius 3 is 1.47 bits per heavy atom. The van der Waals surface area contributed by atoms with E-state index in [9.17, 15) is 40.9 Å². The van der Waals surface area contributed by atoms with Crippen LogP contribution in [0.25, 0.3) is 0 Å². The summed E-state index contributed by atoms with van der Waals surface area (Å²) in [5.41, 5.74) is 6.00. The number of fused-ring (bicyclic) bond motifs is 2. The third-order valence-electron chi connectivity index (χ3n) is 10.9. The quantitative estimate of drug-likeness (QED) is 0.0927. The van der Waals surface area contributed by atoms with Crippen LogP contribution in [0.2, 0.25) is 0 Å². The molecule has 9 nitrogen and oxygen atoms in total. The average Bonchev–Trinajstić information content (AvgIpc) is 3.60. The van der Waals surface area contributed by atoms with E-state index in [0.29, 0.717) is 28.0 Å². The first-order chi connectivity index (χ1) is 24.6. The third kappa shape index (κ3) is 4.61. The summed E-state index contributed by atoms with van der Waals surface area (Å²) in [6.45, 7) is 0. The number of hydrogen-bond acceptors (Lipinski definition) is 9. The van der Waals surface area contributed by atoms with Crippen LogP contribution in [0.4, 0.5) is 0 Å². The van der Waals surface area contributed by atoms with Crippen LogP contribution in [0.1, 0.15) is 85.8 Å². The van der Waals surface area contributed by atoms with Crippen molar-refractivity contribution in [3.8, 4) is 51.7 Å². The lowest BCUT2D eigenvalue weighted by Crippen LogP contribution is -2.20. The van der Waals surface area contributed by atoms with E-state index in [2.05, 4.69) is 0 Å². The van der Waals surface area contributed by atoms with Crippen LogP contribution in [-0.2, 0) is 0 Å². The lowest BCUT2D eigenvalue weighted by Gasteiger charge is -2.34. The van der Waals surface area contributed by atoms with Gasteiger partial charge in [-0.3, -0.25) is 0 Å². The summed E-state index contributed by atoms with van der Waals surface area (Å²) in [7, 11) is 0. The molecule has 0 unspecified atom stereocenters. The minimum absolute atomic E-state index is 0.0537. The van der Waals surface area contributed by atoms with Crippen LogP contribution in [0.15, 0.2) is 109 Å². The van der Waals surface area contributed by atoms with Gasteiger partial charge in [0.05, 0.1) is 5.92 Å². The highest BCUT2D eigenvalue weighted by Gasteiger charge is 2.56. The summed E-state index contributed by atoms with van der Waals surface area (Å²) in [5, 5.41) is 87.5. The number of phenolic OH excluding ortho intramolecular Hbond substituents is 8. The van der Waals surface area contributed by atoms with Gasteiger partial charge < -0.3 is 45.6 Å². The second-order valence-corrected chi connectivity index (χ2v) is 13.7. The van der Waals surface area contributed by atoms with Gasteiger partial charge in [-0.15, -0.1) is 0 Å². The number of hydrogen-bond donors (Lipinski definition) is 8. The SMILES string of the molecule is Oc1ccc([C@@H]2c3c(O)cc(O)cc3[C@@H]3c4c(cc(O)c5c4[C@H]2[C@@H](c2ccc(O)cc2)[C@H]5c2cc(O)cc(O)c2)O[C@H]3c2ccc(O)cc2)cc1. The van der Waals surface area contributed by atoms with Gasteiger partial charge in [-0.25, -0.2) is 0 Å². The van der Waals surface area contributed by atoms with Gasteiger partial charge in [0.25, 0.3) is 0 Å². The van der Waals surface area contributed by atoms with Crippen LogP contribution in [0, 0.1) is 0 Å². The van der Waals surface area contributed by atoms with Crippen molar-refractivity contribution in [1.29, 1.82) is 0 Å². The Kier molecular flexibility index (Phi) is 6.60. The van der Waals surface area contributed by atoms with Crippen LogP contribution in [0.5, 0.6) is 51.7 Å². The van der Waals surface area contributed by atoms with Crippen molar-refractivity contribution in [3.63, 3.8) is 0 Å². The Balaban J connectivity index is 1.44. The van der Waals surface area contributed by atoms with Gasteiger partial charge >= 0.3 is 0 Å². The highest BCUT2D eigenvalue weighted by molar-refractivity contribution is 5.72. The van der Waals surface area contributed by atoms with Crippen molar-refractivity contribution >= 4 is 0 Å². The molecular weight excluding hydrogens is 648 g/mol. The number of phenols is 8. The molecule has 0 amide bonds. The summed E-state index contributed by atoms with van der Waals surface area (Å²) in [6, 6.07) is 29.1. The molecule has 9 heteroatoms. The van der Waals surface area contributed by atoms with Crippen LogP contribution >= 0.6 is 0 Å². The Morgan fingerprint density at radius 1 is 0.353 bits per heavy atom. The first-order valence-electron chi connectivity index (χ1n) is 16.6. The molecule has 6 aromatic carbocycles. The molecule has 2 aliphatic carbocycles. The van der Waals surface area contributed by atoms with Gasteiger partial charge in [-0.2, -0.15) is 0 Å². The molecular formula is C42H32O9. The van der Waals surface area contributed by atoms with Gasteiger partial charge in [0, 0.05) is 58.6 Å². The third-order valence-corrected chi connectivity index (χ3v) is 10.9. The number of rotatable bonds is 4. The number of benzene rings is 6. The molecule has 1 aliphatic heterocycles. The predicted molar refractivity (Wildman–Crippen MR) is 186 cm³/mol. The lowest BCUT2D eigenvalue weighted by atomic mass is 9.69. The first kappa shape index (κ1) is 30.6. The summed E-state index contributed by atoms with van der Waals surface area (Å²) in [5.74, 6) is -3.02. The van der Waals surface area contributed by atoms with E-state index in [1.165, 1.54) is 12.1 Å². The monoisotopic (exact) mass is 680 g/mol. The molecule has 1 heterocycles. The summed E-state index contributed by atoms with van der Waals surface area (Å²) in [6.07, 6.45) is -0.693. The zero-order chi connectivity index (χ0) is 35.3. The van der Waals surface area contributed by atoms with E-state index in [1.54, 1.807) is 84.9 Å². The van der Waals surface area contributed by atoms with Gasteiger partial charge in [0.2, 0.25) is 0 Å². The zero-order valence-corrected chi connectivity index (χ0v) is 26.8.